The van der Waals surface area contributed by atoms with Crippen molar-refractivity contribution < 1.29 is 4.79 Å². The monoisotopic (exact) mass is 290 g/mol. The lowest BCUT2D eigenvalue weighted by atomic mass is 10.1. The molecule has 2 N–H and O–H groups in total. The van der Waals surface area contributed by atoms with E-state index in [1.54, 1.807) is 6.92 Å². The second-order valence-corrected chi connectivity index (χ2v) is 5.71. The van der Waals surface area contributed by atoms with Gasteiger partial charge in [0.1, 0.15) is 4.88 Å². The molecular formula is C14H18N4OS. The number of anilines is 1. The fraction of sp³-hybridized carbons (Fsp3) is 0.357. The summed E-state index contributed by atoms with van der Waals surface area (Å²) in [5.74, 6) is -0.0238. The molecule has 1 aromatic heterocycles. The molecule has 0 aliphatic carbocycles. The third kappa shape index (κ3) is 3.14. The van der Waals surface area contributed by atoms with E-state index in [-0.39, 0.29) is 11.9 Å². The fourth-order valence-corrected chi connectivity index (χ4v) is 2.48. The van der Waals surface area contributed by atoms with E-state index in [1.165, 1.54) is 0 Å². The van der Waals surface area contributed by atoms with E-state index in [0.717, 1.165) is 22.8 Å². The van der Waals surface area contributed by atoms with Crippen LogP contribution < -0.4 is 5.73 Å². The van der Waals surface area contributed by atoms with Gasteiger partial charge in [0.05, 0.1) is 5.69 Å². The van der Waals surface area contributed by atoms with Crippen LogP contribution in [0.2, 0.25) is 0 Å². The van der Waals surface area contributed by atoms with Crippen molar-refractivity contribution in [2.75, 3.05) is 5.73 Å². The van der Waals surface area contributed by atoms with Gasteiger partial charge in [-0.2, -0.15) is 0 Å². The highest BCUT2D eigenvalue weighted by Crippen LogP contribution is 2.18. The number of hydrogen-bond acceptors (Lipinski definition) is 5. The maximum absolute atomic E-state index is 12.6. The van der Waals surface area contributed by atoms with Gasteiger partial charge in [0.25, 0.3) is 5.91 Å². The molecule has 0 unspecified atom stereocenters. The summed E-state index contributed by atoms with van der Waals surface area (Å²) in [6.07, 6.45) is 0. The zero-order valence-corrected chi connectivity index (χ0v) is 12.6. The quantitative estimate of drug-likeness (QED) is 0.878. The molecule has 2 rings (SSSR count). The lowest BCUT2D eigenvalue weighted by Crippen LogP contribution is -2.36. The Labute approximate surface area is 122 Å². The number of carbonyl (C=O) groups excluding carboxylic acids is 1. The summed E-state index contributed by atoms with van der Waals surface area (Å²) in [6.45, 7) is 6.35. The number of nitrogen functional groups attached to an aromatic ring is 1. The van der Waals surface area contributed by atoms with E-state index in [9.17, 15) is 4.79 Å². The number of hydrogen-bond donors (Lipinski definition) is 1. The smallest absolute Gasteiger partial charge is 0.268 e. The van der Waals surface area contributed by atoms with Gasteiger partial charge in [-0.05, 0) is 50.0 Å². The van der Waals surface area contributed by atoms with Crippen LogP contribution in [0.4, 0.5) is 5.69 Å². The Hall–Kier alpha value is -1.95. The molecule has 1 heterocycles. The van der Waals surface area contributed by atoms with Gasteiger partial charge in [-0.25, -0.2) is 0 Å². The number of aromatic nitrogens is 2. The number of nitrogens with zero attached hydrogens (tertiary/aromatic N) is 3. The van der Waals surface area contributed by atoms with E-state index in [0.29, 0.717) is 17.1 Å². The Kier molecular flexibility index (Phi) is 4.34. The fourth-order valence-electron chi connectivity index (χ4n) is 1.87. The van der Waals surface area contributed by atoms with Crippen LogP contribution in [0.15, 0.2) is 24.3 Å². The number of benzene rings is 1. The maximum Gasteiger partial charge on any atom is 0.268 e. The summed E-state index contributed by atoms with van der Waals surface area (Å²) < 4.78 is 3.83. The molecule has 6 heteroatoms. The molecule has 1 aromatic carbocycles. The summed E-state index contributed by atoms with van der Waals surface area (Å²) in [5.41, 5.74) is 8.14. The average molecular weight is 290 g/mol. The summed E-state index contributed by atoms with van der Waals surface area (Å²) in [5, 5.41) is 3.90. The lowest BCUT2D eigenvalue weighted by molar-refractivity contribution is 0.0694. The van der Waals surface area contributed by atoms with Crippen LogP contribution in [0.25, 0.3) is 0 Å². The highest BCUT2D eigenvalue weighted by Gasteiger charge is 2.23. The Balaban J connectivity index is 2.21. The van der Waals surface area contributed by atoms with Crippen molar-refractivity contribution in [1.29, 1.82) is 0 Å². The molecule has 20 heavy (non-hydrogen) atoms. The van der Waals surface area contributed by atoms with Gasteiger partial charge in [-0.3, -0.25) is 4.79 Å². The summed E-state index contributed by atoms with van der Waals surface area (Å²) in [4.78, 5) is 15.0. The molecule has 0 fully saturated rings. The molecule has 0 aliphatic heterocycles. The van der Waals surface area contributed by atoms with Crippen LogP contribution in [0.3, 0.4) is 0 Å². The first-order valence-corrected chi connectivity index (χ1v) is 7.20. The minimum atomic E-state index is -0.0238. The first kappa shape index (κ1) is 14.5. The molecule has 5 nitrogen and oxygen atoms in total. The molecule has 0 bridgehead atoms. The predicted molar refractivity (Wildman–Crippen MR) is 80.5 cm³/mol. The molecule has 106 valence electrons. The normalized spacial score (nSPS) is 10.8. The Bertz CT molecular complexity index is 591. The Morgan fingerprint density at radius 2 is 2.00 bits per heavy atom. The van der Waals surface area contributed by atoms with Gasteiger partial charge in [0.15, 0.2) is 0 Å². The average Bonchev–Trinajstić information content (AvgIpc) is 2.83. The van der Waals surface area contributed by atoms with Crippen molar-refractivity contribution in [3.8, 4) is 0 Å². The molecule has 0 saturated heterocycles. The van der Waals surface area contributed by atoms with E-state index in [1.807, 2.05) is 43.0 Å². The van der Waals surface area contributed by atoms with Crippen molar-refractivity contribution >= 4 is 23.1 Å². The lowest BCUT2D eigenvalue weighted by Gasteiger charge is -2.26. The first-order chi connectivity index (χ1) is 9.49. The van der Waals surface area contributed by atoms with E-state index < -0.39 is 0 Å². The van der Waals surface area contributed by atoms with Crippen molar-refractivity contribution in [3.63, 3.8) is 0 Å². The number of nitrogens with two attached hydrogens (primary N) is 1. The number of carbonyl (C=O) groups is 1. The molecule has 0 aliphatic rings. The van der Waals surface area contributed by atoms with Crippen molar-refractivity contribution in [3.05, 3.63) is 40.4 Å². The van der Waals surface area contributed by atoms with Crippen molar-refractivity contribution in [2.24, 2.45) is 0 Å². The van der Waals surface area contributed by atoms with Gasteiger partial charge >= 0.3 is 0 Å². The SMILES string of the molecule is Cc1nnsc1C(=O)N(Cc1ccc(N)cc1)C(C)C. The predicted octanol–water partition coefficient (Wildman–Crippen LogP) is 2.48. The minimum absolute atomic E-state index is 0.0238. The van der Waals surface area contributed by atoms with Crippen LogP contribution in [0, 0.1) is 6.92 Å². The largest absolute Gasteiger partial charge is 0.399 e. The molecule has 1 amide bonds. The third-order valence-electron chi connectivity index (χ3n) is 3.06. The van der Waals surface area contributed by atoms with Gasteiger partial charge in [0.2, 0.25) is 0 Å². The molecule has 0 saturated carbocycles. The minimum Gasteiger partial charge on any atom is -0.399 e. The van der Waals surface area contributed by atoms with Crippen LogP contribution in [-0.4, -0.2) is 26.4 Å². The van der Waals surface area contributed by atoms with Crippen LogP contribution in [0.1, 0.15) is 34.8 Å². The molecule has 0 radical (unpaired) electrons. The number of aryl methyl sites for hydroxylation is 1. The van der Waals surface area contributed by atoms with Crippen LogP contribution in [0.5, 0.6) is 0 Å². The standard InChI is InChI=1S/C14H18N4OS/c1-9(2)18(8-11-4-6-12(15)7-5-11)14(19)13-10(3)16-17-20-13/h4-7,9H,8,15H2,1-3H3. The van der Waals surface area contributed by atoms with Gasteiger partial charge in [0, 0.05) is 18.3 Å². The van der Waals surface area contributed by atoms with Crippen LogP contribution >= 0.6 is 11.5 Å². The summed E-state index contributed by atoms with van der Waals surface area (Å²) >= 11 is 1.14. The number of rotatable bonds is 4. The molecule has 0 spiro atoms. The van der Waals surface area contributed by atoms with Gasteiger partial charge in [-0.15, -0.1) is 5.10 Å². The van der Waals surface area contributed by atoms with E-state index in [2.05, 4.69) is 9.59 Å². The second-order valence-electron chi connectivity index (χ2n) is 4.96. The Morgan fingerprint density at radius 1 is 1.35 bits per heavy atom. The van der Waals surface area contributed by atoms with E-state index in [4.69, 9.17) is 5.73 Å². The number of amides is 1. The van der Waals surface area contributed by atoms with Gasteiger partial charge < -0.3 is 10.6 Å². The van der Waals surface area contributed by atoms with Crippen molar-refractivity contribution in [2.45, 2.75) is 33.4 Å². The molecule has 0 atom stereocenters. The highest BCUT2D eigenvalue weighted by atomic mass is 32.1. The first-order valence-electron chi connectivity index (χ1n) is 6.43. The maximum atomic E-state index is 12.6. The summed E-state index contributed by atoms with van der Waals surface area (Å²) in [6, 6.07) is 7.67. The topological polar surface area (TPSA) is 72.1 Å². The summed E-state index contributed by atoms with van der Waals surface area (Å²) in [7, 11) is 0. The zero-order chi connectivity index (χ0) is 14.7. The molecular weight excluding hydrogens is 272 g/mol. The Morgan fingerprint density at radius 3 is 2.50 bits per heavy atom. The molecule has 2 aromatic rings. The van der Waals surface area contributed by atoms with Crippen LogP contribution in [-0.2, 0) is 6.54 Å². The second kappa shape index (κ2) is 6.00. The third-order valence-corrected chi connectivity index (χ3v) is 3.88. The zero-order valence-electron chi connectivity index (χ0n) is 11.8. The van der Waals surface area contributed by atoms with E-state index >= 15 is 0 Å². The highest BCUT2D eigenvalue weighted by molar-refractivity contribution is 7.07. The van der Waals surface area contributed by atoms with Crippen molar-refractivity contribution in [1.82, 2.24) is 14.5 Å². The van der Waals surface area contributed by atoms with Gasteiger partial charge in [-0.1, -0.05) is 16.6 Å².